The second kappa shape index (κ2) is 7.33. The van der Waals surface area contributed by atoms with Crippen molar-refractivity contribution in [3.63, 3.8) is 0 Å². The Morgan fingerprint density at radius 3 is 2.28 bits per heavy atom. The zero-order valence-corrected chi connectivity index (χ0v) is 11.3. The number of esters is 2. The van der Waals surface area contributed by atoms with Gasteiger partial charge in [0, 0.05) is 32.7 Å². The maximum atomic E-state index is 11.2. The fourth-order valence-corrected chi connectivity index (χ4v) is 1.66. The van der Waals surface area contributed by atoms with Crippen molar-refractivity contribution in [1.29, 1.82) is 0 Å². The van der Waals surface area contributed by atoms with Crippen molar-refractivity contribution in [2.45, 2.75) is 20.0 Å². The number of carbonyl (C=O) groups excluding carboxylic acids is 2. The number of nitrogens with zero attached hydrogens (tertiary/aromatic N) is 2. The molecule has 0 radical (unpaired) electrons. The molecule has 0 aliphatic carbocycles. The van der Waals surface area contributed by atoms with Gasteiger partial charge in [0.15, 0.2) is 0 Å². The van der Waals surface area contributed by atoms with Crippen LogP contribution >= 0.6 is 0 Å². The topological polar surface area (TPSA) is 59.1 Å². The molecule has 1 fully saturated rings. The number of piperazine rings is 1. The lowest BCUT2D eigenvalue weighted by Crippen LogP contribution is -2.45. The summed E-state index contributed by atoms with van der Waals surface area (Å²) in [6.07, 6.45) is -0.303. The van der Waals surface area contributed by atoms with E-state index in [1.807, 2.05) is 0 Å². The van der Waals surface area contributed by atoms with Crippen LogP contribution in [0, 0.1) is 0 Å². The normalized spacial score (nSPS) is 17.8. The summed E-state index contributed by atoms with van der Waals surface area (Å²) in [5.41, 5.74) is 0. The molecule has 0 atom stereocenters. The van der Waals surface area contributed by atoms with Crippen LogP contribution < -0.4 is 0 Å². The Hall–Kier alpha value is -1.14. The number of rotatable bonds is 4. The van der Waals surface area contributed by atoms with Crippen LogP contribution in [-0.4, -0.2) is 74.2 Å². The summed E-state index contributed by atoms with van der Waals surface area (Å²) in [6, 6.07) is 0. The minimum absolute atomic E-state index is 0.232. The highest BCUT2D eigenvalue weighted by Crippen LogP contribution is 1.99. The lowest BCUT2D eigenvalue weighted by Gasteiger charge is -2.31. The highest BCUT2D eigenvalue weighted by molar-refractivity contribution is 6.29. The molecule has 6 heteroatoms. The SMILES string of the molecule is CC(C)OC(=O)C(=O)OCCN1CCN(C)CC1. The van der Waals surface area contributed by atoms with E-state index in [0.29, 0.717) is 6.54 Å². The molecule has 1 rings (SSSR count). The molecule has 0 bridgehead atoms. The quantitative estimate of drug-likeness (QED) is 0.511. The molecule has 1 aliphatic heterocycles. The van der Waals surface area contributed by atoms with Gasteiger partial charge in [-0.2, -0.15) is 0 Å². The van der Waals surface area contributed by atoms with Crippen LogP contribution in [0.15, 0.2) is 0 Å². The Kier molecular flexibility index (Phi) is 6.07. The molecule has 0 N–H and O–H groups in total. The van der Waals surface area contributed by atoms with Gasteiger partial charge in [0.05, 0.1) is 6.10 Å². The molecule has 0 amide bonds. The standard InChI is InChI=1S/C12H22N2O4/c1-10(2)18-12(16)11(15)17-9-8-14-6-4-13(3)5-7-14/h10H,4-9H2,1-3H3. The van der Waals surface area contributed by atoms with Crippen molar-refractivity contribution in [1.82, 2.24) is 9.80 Å². The van der Waals surface area contributed by atoms with E-state index < -0.39 is 11.9 Å². The van der Waals surface area contributed by atoms with Gasteiger partial charge in [-0.1, -0.05) is 0 Å². The molecule has 0 aromatic rings. The largest absolute Gasteiger partial charge is 0.456 e. The highest BCUT2D eigenvalue weighted by Gasteiger charge is 2.19. The first kappa shape index (κ1) is 14.9. The van der Waals surface area contributed by atoms with E-state index in [1.54, 1.807) is 13.8 Å². The van der Waals surface area contributed by atoms with Crippen LogP contribution in [-0.2, 0) is 19.1 Å². The summed E-state index contributed by atoms with van der Waals surface area (Å²) in [5, 5.41) is 0. The Morgan fingerprint density at radius 1 is 1.11 bits per heavy atom. The maximum Gasteiger partial charge on any atom is 0.417 e. The summed E-state index contributed by atoms with van der Waals surface area (Å²) < 4.78 is 9.60. The Bertz CT molecular complexity index is 286. The summed E-state index contributed by atoms with van der Waals surface area (Å²) >= 11 is 0. The molecule has 1 heterocycles. The molecule has 0 aromatic heterocycles. The van der Waals surface area contributed by atoms with Gasteiger partial charge in [-0.05, 0) is 20.9 Å². The second-order valence-corrected chi connectivity index (χ2v) is 4.73. The van der Waals surface area contributed by atoms with E-state index in [1.165, 1.54) is 0 Å². The predicted octanol–water partition coefficient (Wildman–Crippen LogP) is -0.271. The third-order valence-electron chi connectivity index (χ3n) is 2.75. The van der Waals surface area contributed by atoms with Gasteiger partial charge >= 0.3 is 11.9 Å². The van der Waals surface area contributed by atoms with Gasteiger partial charge in [-0.15, -0.1) is 0 Å². The van der Waals surface area contributed by atoms with E-state index in [4.69, 9.17) is 9.47 Å². The molecule has 1 aliphatic rings. The van der Waals surface area contributed by atoms with Gasteiger partial charge in [0.2, 0.25) is 0 Å². The fourth-order valence-electron chi connectivity index (χ4n) is 1.66. The van der Waals surface area contributed by atoms with E-state index in [2.05, 4.69) is 16.8 Å². The molecule has 104 valence electrons. The number of ether oxygens (including phenoxy) is 2. The lowest BCUT2D eigenvalue weighted by atomic mass is 10.3. The van der Waals surface area contributed by atoms with Crippen molar-refractivity contribution in [3.05, 3.63) is 0 Å². The van der Waals surface area contributed by atoms with Gasteiger partial charge < -0.3 is 14.4 Å². The summed E-state index contributed by atoms with van der Waals surface area (Å²) in [4.78, 5) is 26.9. The summed E-state index contributed by atoms with van der Waals surface area (Å²) in [7, 11) is 2.08. The molecule has 0 spiro atoms. The predicted molar refractivity (Wildman–Crippen MR) is 66.1 cm³/mol. The van der Waals surface area contributed by atoms with E-state index >= 15 is 0 Å². The third kappa shape index (κ3) is 5.46. The number of hydrogen-bond acceptors (Lipinski definition) is 6. The Balaban J connectivity index is 2.13. The molecule has 18 heavy (non-hydrogen) atoms. The fraction of sp³-hybridized carbons (Fsp3) is 0.833. The van der Waals surface area contributed by atoms with E-state index in [9.17, 15) is 9.59 Å². The van der Waals surface area contributed by atoms with Gasteiger partial charge in [0.25, 0.3) is 0 Å². The molecular weight excluding hydrogens is 236 g/mol. The lowest BCUT2D eigenvalue weighted by molar-refractivity contribution is -0.170. The van der Waals surface area contributed by atoms with Gasteiger partial charge in [-0.25, -0.2) is 9.59 Å². The minimum atomic E-state index is -0.914. The molecular formula is C12H22N2O4. The summed E-state index contributed by atoms with van der Waals surface area (Å²) in [6.45, 7) is 8.23. The van der Waals surface area contributed by atoms with Crippen molar-refractivity contribution < 1.29 is 19.1 Å². The zero-order valence-electron chi connectivity index (χ0n) is 11.3. The van der Waals surface area contributed by atoms with Gasteiger partial charge in [0.1, 0.15) is 6.61 Å². The monoisotopic (exact) mass is 258 g/mol. The number of carbonyl (C=O) groups is 2. The first-order chi connectivity index (χ1) is 8.49. The van der Waals surface area contributed by atoms with Crippen LogP contribution in [0.25, 0.3) is 0 Å². The van der Waals surface area contributed by atoms with Gasteiger partial charge in [-0.3, -0.25) is 4.90 Å². The maximum absolute atomic E-state index is 11.2. The molecule has 1 saturated heterocycles. The van der Waals surface area contributed by atoms with Crippen molar-refractivity contribution in [2.24, 2.45) is 0 Å². The van der Waals surface area contributed by atoms with Crippen molar-refractivity contribution in [2.75, 3.05) is 46.4 Å². The molecule has 0 saturated carbocycles. The highest BCUT2D eigenvalue weighted by atomic mass is 16.6. The molecule has 0 unspecified atom stereocenters. The van der Waals surface area contributed by atoms with Crippen LogP contribution in [0.2, 0.25) is 0 Å². The van der Waals surface area contributed by atoms with Crippen LogP contribution in [0.4, 0.5) is 0 Å². The van der Waals surface area contributed by atoms with E-state index in [0.717, 1.165) is 26.2 Å². The zero-order chi connectivity index (χ0) is 13.5. The Morgan fingerprint density at radius 2 is 1.72 bits per heavy atom. The third-order valence-corrected chi connectivity index (χ3v) is 2.75. The van der Waals surface area contributed by atoms with Crippen LogP contribution in [0.5, 0.6) is 0 Å². The smallest absolute Gasteiger partial charge is 0.417 e. The van der Waals surface area contributed by atoms with Crippen LogP contribution in [0.1, 0.15) is 13.8 Å². The minimum Gasteiger partial charge on any atom is -0.456 e. The summed E-state index contributed by atoms with van der Waals surface area (Å²) in [5.74, 6) is -1.82. The Labute approximate surface area is 108 Å². The second-order valence-electron chi connectivity index (χ2n) is 4.73. The molecule has 0 aromatic carbocycles. The first-order valence-corrected chi connectivity index (χ1v) is 6.27. The number of likely N-dealkylation sites (N-methyl/N-ethyl adjacent to an activating group) is 1. The first-order valence-electron chi connectivity index (χ1n) is 6.27. The average molecular weight is 258 g/mol. The van der Waals surface area contributed by atoms with Crippen molar-refractivity contribution >= 4 is 11.9 Å². The molecule has 6 nitrogen and oxygen atoms in total. The van der Waals surface area contributed by atoms with Crippen molar-refractivity contribution in [3.8, 4) is 0 Å². The number of hydrogen-bond donors (Lipinski definition) is 0. The van der Waals surface area contributed by atoms with E-state index in [-0.39, 0.29) is 12.7 Å². The average Bonchev–Trinajstić information content (AvgIpc) is 2.30. The van der Waals surface area contributed by atoms with Crippen LogP contribution in [0.3, 0.4) is 0 Å².